The van der Waals surface area contributed by atoms with Crippen LogP contribution >= 0.6 is 11.3 Å². The zero-order valence-corrected chi connectivity index (χ0v) is 8.01. The van der Waals surface area contributed by atoms with Crippen LogP contribution in [-0.2, 0) is 0 Å². The number of hydrogen-bond donors (Lipinski definition) is 1. The second kappa shape index (κ2) is 3.53. The zero-order chi connectivity index (χ0) is 9.10. The van der Waals surface area contributed by atoms with E-state index in [1.807, 2.05) is 31.2 Å². The smallest absolute Gasteiger partial charge is 0.204 e. The molecule has 0 bridgehead atoms. The molecule has 0 fully saturated rings. The highest BCUT2D eigenvalue weighted by Crippen LogP contribution is 2.24. The van der Waals surface area contributed by atoms with Crippen molar-refractivity contribution in [3.63, 3.8) is 0 Å². The molecule has 13 heavy (non-hydrogen) atoms. The van der Waals surface area contributed by atoms with Gasteiger partial charge >= 0.3 is 0 Å². The van der Waals surface area contributed by atoms with Crippen molar-refractivity contribution in [3.8, 4) is 0 Å². The molecule has 1 N–H and O–H groups in total. The Balaban J connectivity index is 2.38. The second-order valence-corrected chi connectivity index (χ2v) is 3.52. The van der Waals surface area contributed by atoms with Crippen molar-refractivity contribution in [1.82, 2.24) is 4.98 Å². The maximum Gasteiger partial charge on any atom is 0.204 e. The number of aromatic nitrogens is 1. The van der Waals surface area contributed by atoms with Crippen LogP contribution < -0.4 is 5.43 Å². The summed E-state index contributed by atoms with van der Waals surface area (Å²) >= 11 is 1.60. The van der Waals surface area contributed by atoms with E-state index < -0.39 is 0 Å². The van der Waals surface area contributed by atoms with Gasteiger partial charge in [-0.25, -0.2) is 4.98 Å². The van der Waals surface area contributed by atoms with Crippen LogP contribution in [0.4, 0.5) is 5.13 Å². The van der Waals surface area contributed by atoms with Crippen LogP contribution in [0.5, 0.6) is 0 Å². The predicted octanol–water partition coefficient (Wildman–Crippen LogP) is 2.71. The highest BCUT2D eigenvalue weighted by Gasteiger charge is 1.99. The molecule has 1 aromatic carbocycles. The van der Waals surface area contributed by atoms with Crippen LogP contribution in [0.2, 0.25) is 0 Å². The van der Waals surface area contributed by atoms with Gasteiger partial charge in [0.1, 0.15) is 0 Å². The summed E-state index contributed by atoms with van der Waals surface area (Å²) in [4.78, 5) is 4.34. The first kappa shape index (κ1) is 8.19. The molecule has 0 radical (unpaired) electrons. The molecular formula is C9H9N3S. The third-order valence-corrected chi connectivity index (χ3v) is 2.52. The predicted molar refractivity (Wildman–Crippen MR) is 57.4 cm³/mol. The molecule has 0 atom stereocenters. The van der Waals surface area contributed by atoms with Gasteiger partial charge in [0.25, 0.3) is 0 Å². The van der Waals surface area contributed by atoms with Gasteiger partial charge in [-0.1, -0.05) is 23.5 Å². The molecule has 2 rings (SSSR count). The lowest BCUT2D eigenvalue weighted by Gasteiger charge is -1.88. The second-order valence-electron chi connectivity index (χ2n) is 2.49. The van der Waals surface area contributed by atoms with Gasteiger partial charge in [-0.3, -0.25) is 5.43 Å². The van der Waals surface area contributed by atoms with Crippen LogP contribution in [0.15, 0.2) is 29.4 Å². The number of hydrazone groups is 1. The fourth-order valence-corrected chi connectivity index (χ4v) is 1.86. The van der Waals surface area contributed by atoms with E-state index >= 15 is 0 Å². The molecule has 66 valence electrons. The number of rotatable bonds is 2. The average molecular weight is 191 g/mol. The molecule has 0 aliphatic carbocycles. The minimum absolute atomic E-state index is 0.833. The quantitative estimate of drug-likeness (QED) is 0.585. The fraction of sp³-hybridized carbons (Fsp3) is 0.111. The number of hydrogen-bond acceptors (Lipinski definition) is 4. The first-order valence-electron chi connectivity index (χ1n) is 3.99. The normalized spacial score (nSPS) is 11.2. The molecule has 0 spiro atoms. The Kier molecular flexibility index (Phi) is 2.23. The Morgan fingerprint density at radius 2 is 2.31 bits per heavy atom. The molecule has 1 aromatic heterocycles. The van der Waals surface area contributed by atoms with Crippen molar-refractivity contribution in [1.29, 1.82) is 0 Å². The van der Waals surface area contributed by atoms with E-state index in [2.05, 4.69) is 15.5 Å². The van der Waals surface area contributed by atoms with Crippen LogP contribution in [0.3, 0.4) is 0 Å². The van der Waals surface area contributed by atoms with Crippen LogP contribution in [0.25, 0.3) is 10.2 Å². The van der Waals surface area contributed by atoms with Gasteiger partial charge in [0.05, 0.1) is 10.2 Å². The van der Waals surface area contributed by atoms with Gasteiger partial charge in [-0.2, -0.15) is 5.10 Å². The first-order chi connectivity index (χ1) is 6.40. The Morgan fingerprint density at radius 1 is 1.46 bits per heavy atom. The van der Waals surface area contributed by atoms with Crippen molar-refractivity contribution >= 4 is 32.9 Å². The van der Waals surface area contributed by atoms with Crippen LogP contribution in [0.1, 0.15) is 6.92 Å². The van der Waals surface area contributed by atoms with E-state index in [9.17, 15) is 0 Å². The van der Waals surface area contributed by atoms with Crippen molar-refractivity contribution < 1.29 is 0 Å². The fourth-order valence-electron chi connectivity index (χ4n) is 1.04. The van der Waals surface area contributed by atoms with Crippen molar-refractivity contribution in [2.75, 3.05) is 5.43 Å². The number of fused-ring (bicyclic) bond motifs is 1. The SMILES string of the molecule is C/C=N/Nc1nc2ccccc2s1. The summed E-state index contributed by atoms with van der Waals surface area (Å²) in [6.07, 6.45) is 1.70. The Labute approximate surface area is 80.1 Å². The molecule has 0 aliphatic rings. The lowest BCUT2D eigenvalue weighted by molar-refractivity contribution is 1.31. The first-order valence-corrected chi connectivity index (χ1v) is 4.81. The molecule has 0 saturated heterocycles. The van der Waals surface area contributed by atoms with E-state index in [0.717, 1.165) is 10.6 Å². The standard InChI is InChI=1S/C9H9N3S/c1-2-10-12-9-11-7-5-3-4-6-8(7)13-9/h2-6H,1H3,(H,11,12)/b10-2+. The minimum atomic E-state index is 0.833. The largest absolute Gasteiger partial charge is 0.253 e. The molecule has 0 unspecified atom stereocenters. The van der Waals surface area contributed by atoms with Crippen LogP contribution in [-0.4, -0.2) is 11.2 Å². The van der Waals surface area contributed by atoms with Gasteiger partial charge in [0, 0.05) is 6.21 Å². The number of nitrogens with zero attached hydrogens (tertiary/aromatic N) is 2. The Bertz CT molecular complexity index is 400. The molecule has 2 aromatic rings. The summed E-state index contributed by atoms with van der Waals surface area (Å²) in [7, 11) is 0. The van der Waals surface area contributed by atoms with Crippen molar-refractivity contribution in [2.45, 2.75) is 6.92 Å². The number of benzene rings is 1. The van der Waals surface area contributed by atoms with E-state index in [1.165, 1.54) is 4.70 Å². The highest BCUT2D eigenvalue weighted by atomic mass is 32.1. The minimum Gasteiger partial charge on any atom is -0.253 e. The Morgan fingerprint density at radius 3 is 3.08 bits per heavy atom. The summed E-state index contributed by atoms with van der Waals surface area (Å²) in [5.41, 5.74) is 3.88. The molecule has 1 heterocycles. The summed E-state index contributed by atoms with van der Waals surface area (Å²) < 4.78 is 1.18. The summed E-state index contributed by atoms with van der Waals surface area (Å²) in [6.45, 7) is 1.86. The molecule has 0 saturated carbocycles. The van der Waals surface area contributed by atoms with Gasteiger partial charge in [0.15, 0.2) is 0 Å². The summed E-state index contributed by atoms with van der Waals surface area (Å²) in [6, 6.07) is 8.03. The summed E-state index contributed by atoms with van der Waals surface area (Å²) in [5, 5.41) is 4.74. The molecule has 4 heteroatoms. The molecule has 0 amide bonds. The van der Waals surface area contributed by atoms with E-state index in [4.69, 9.17) is 0 Å². The number of anilines is 1. The maximum atomic E-state index is 4.34. The lowest BCUT2D eigenvalue weighted by atomic mass is 10.3. The Hall–Kier alpha value is -1.42. The van der Waals surface area contributed by atoms with E-state index in [-0.39, 0.29) is 0 Å². The van der Waals surface area contributed by atoms with Gasteiger partial charge < -0.3 is 0 Å². The average Bonchev–Trinajstić information content (AvgIpc) is 2.57. The van der Waals surface area contributed by atoms with Gasteiger partial charge in [0.2, 0.25) is 5.13 Å². The number of nitrogens with one attached hydrogen (secondary N) is 1. The summed E-state index contributed by atoms with van der Waals surface area (Å²) in [5.74, 6) is 0. The molecule has 0 aliphatic heterocycles. The number of para-hydroxylation sites is 1. The lowest BCUT2D eigenvalue weighted by Crippen LogP contribution is -1.85. The van der Waals surface area contributed by atoms with Crippen molar-refractivity contribution in [3.05, 3.63) is 24.3 Å². The third kappa shape index (κ3) is 1.67. The topological polar surface area (TPSA) is 37.3 Å². The maximum absolute atomic E-state index is 4.34. The van der Waals surface area contributed by atoms with Crippen molar-refractivity contribution in [2.24, 2.45) is 5.10 Å². The zero-order valence-electron chi connectivity index (χ0n) is 7.19. The third-order valence-electron chi connectivity index (χ3n) is 1.58. The van der Waals surface area contributed by atoms with E-state index in [1.54, 1.807) is 17.6 Å². The molecule has 3 nitrogen and oxygen atoms in total. The van der Waals surface area contributed by atoms with Crippen LogP contribution in [0, 0.1) is 0 Å². The molecular weight excluding hydrogens is 182 g/mol. The highest BCUT2D eigenvalue weighted by molar-refractivity contribution is 7.22. The van der Waals surface area contributed by atoms with Gasteiger partial charge in [-0.05, 0) is 19.1 Å². The van der Waals surface area contributed by atoms with Gasteiger partial charge in [-0.15, -0.1) is 0 Å². The monoisotopic (exact) mass is 191 g/mol. The van der Waals surface area contributed by atoms with E-state index in [0.29, 0.717) is 0 Å². The number of thiazole rings is 1.